The number of nitriles is 1. The van der Waals surface area contributed by atoms with Gasteiger partial charge in [-0.05, 0) is 6.26 Å². The zero-order chi connectivity index (χ0) is 11.3. The van der Waals surface area contributed by atoms with E-state index in [-0.39, 0.29) is 6.42 Å². The van der Waals surface area contributed by atoms with Gasteiger partial charge in [0.2, 0.25) is 0 Å². The molecule has 0 aliphatic carbocycles. The van der Waals surface area contributed by atoms with E-state index in [0.29, 0.717) is 10.7 Å². The maximum absolute atomic E-state index is 9.60. The molecule has 2 N–H and O–H groups in total. The number of aromatic nitrogens is 2. The van der Waals surface area contributed by atoms with Crippen LogP contribution in [0.4, 0.5) is 0 Å². The van der Waals surface area contributed by atoms with Crippen LogP contribution in [-0.4, -0.2) is 32.5 Å². The van der Waals surface area contributed by atoms with Gasteiger partial charge in [0.25, 0.3) is 0 Å². The Bertz CT molecular complexity index is 349. The summed E-state index contributed by atoms with van der Waals surface area (Å²) in [6.07, 6.45) is 2.41. The Morgan fingerprint density at radius 1 is 1.47 bits per heavy atom. The van der Waals surface area contributed by atoms with Crippen LogP contribution in [0.2, 0.25) is 0 Å². The summed E-state index contributed by atoms with van der Waals surface area (Å²) in [5.41, 5.74) is 0.413. The molecule has 0 spiro atoms. The molecule has 15 heavy (non-hydrogen) atoms. The maximum Gasteiger partial charge on any atom is 0.187 e. The minimum atomic E-state index is -1.11. The van der Waals surface area contributed by atoms with Gasteiger partial charge in [-0.1, -0.05) is 11.8 Å². The molecule has 5 nitrogen and oxygen atoms in total. The third-order valence-corrected chi connectivity index (χ3v) is 2.41. The Labute approximate surface area is 91.8 Å². The standard InChI is InChI=1S/C9H11N3O2S/c1-15-9-11-4-6(5-12-9)8(14)7(13)2-3-10/h4-5,7-8,13-14H,2H2,1H3. The molecule has 1 aromatic heterocycles. The quantitative estimate of drug-likeness (QED) is 0.573. The first-order valence-corrected chi connectivity index (χ1v) is 5.50. The highest BCUT2D eigenvalue weighted by molar-refractivity contribution is 7.98. The molecule has 0 aliphatic rings. The topological polar surface area (TPSA) is 90.0 Å². The number of rotatable bonds is 4. The van der Waals surface area contributed by atoms with E-state index < -0.39 is 12.2 Å². The van der Waals surface area contributed by atoms with Crippen molar-refractivity contribution in [1.29, 1.82) is 5.26 Å². The van der Waals surface area contributed by atoms with Gasteiger partial charge in [-0.15, -0.1) is 0 Å². The van der Waals surface area contributed by atoms with Crippen LogP contribution in [0.3, 0.4) is 0 Å². The molecule has 80 valence electrons. The molecule has 0 saturated carbocycles. The van der Waals surface area contributed by atoms with Crippen LogP contribution < -0.4 is 0 Å². The number of aliphatic hydroxyl groups is 2. The number of hydrogen-bond acceptors (Lipinski definition) is 6. The summed E-state index contributed by atoms with van der Waals surface area (Å²) in [7, 11) is 0. The summed E-state index contributed by atoms with van der Waals surface area (Å²) >= 11 is 1.39. The van der Waals surface area contributed by atoms with Crippen LogP contribution in [-0.2, 0) is 0 Å². The fraction of sp³-hybridized carbons (Fsp3) is 0.444. The van der Waals surface area contributed by atoms with Crippen molar-refractivity contribution < 1.29 is 10.2 Å². The number of hydrogen-bond donors (Lipinski definition) is 2. The summed E-state index contributed by atoms with van der Waals surface area (Å²) in [6.45, 7) is 0. The molecular formula is C9H11N3O2S. The minimum absolute atomic E-state index is 0.120. The molecule has 0 aromatic carbocycles. The maximum atomic E-state index is 9.60. The highest BCUT2D eigenvalue weighted by Crippen LogP contribution is 2.18. The lowest BCUT2D eigenvalue weighted by Gasteiger charge is -2.14. The van der Waals surface area contributed by atoms with Crippen LogP contribution in [0.1, 0.15) is 18.1 Å². The Morgan fingerprint density at radius 2 is 2.07 bits per heavy atom. The zero-order valence-corrected chi connectivity index (χ0v) is 8.98. The second kappa shape index (κ2) is 5.66. The third kappa shape index (κ3) is 3.16. The second-order valence-corrected chi connectivity index (χ2v) is 3.65. The highest BCUT2D eigenvalue weighted by atomic mass is 32.2. The van der Waals surface area contributed by atoms with Gasteiger partial charge in [0.1, 0.15) is 6.10 Å². The molecule has 0 aliphatic heterocycles. The van der Waals surface area contributed by atoms with Gasteiger partial charge >= 0.3 is 0 Å². The van der Waals surface area contributed by atoms with Crippen LogP contribution in [0.25, 0.3) is 0 Å². The van der Waals surface area contributed by atoms with E-state index in [1.807, 2.05) is 6.26 Å². The van der Waals surface area contributed by atoms with E-state index in [4.69, 9.17) is 5.26 Å². The van der Waals surface area contributed by atoms with E-state index in [1.54, 1.807) is 6.07 Å². The Kier molecular flexibility index (Phi) is 4.49. The molecule has 0 fully saturated rings. The van der Waals surface area contributed by atoms with Crippen molar-refractivity contribution in [2.45, 2.75) is 23.8 Å². The smallest absolute Gasteiger partial charge is 0.187 e. The van der Waals surface area contributed by atoms with Crippen molar-refractivity contribution in [3.05, 3.63) is 18.0 Å². The van der Waals surface area contributed by atoms with Crippen LogP contribution in [0, 0.1) is 11.3 Å². The van der Waals surface area contributed by atoms with Gasteiger partial charge in [-0.2, -0.15) is 5.26 Å². The number of nitrogens with zero attached hydrogens (tertiary/aromatic N) is 3. The van der Waals surface area contributed by atoms with Crippen molar-refractivity contribution in [1.82, 2.24) is 9.97 Å². The second-order valence-electron chi connectivity index (χ2n) is 2.88. The summed E-state index contributed by atoms with van der Waals surface area (Å²) < 4.78 is 0. The molecule has 6 heteroatoms. The van der Waals surface area contributed by atoms with Gasteiger partial charge < -0.3 is 10.2 Å². The summed E-state index contributed by atoms with van der Waals surface area (Å²) in [6, 6.07) is 1.79. The fourth-order valence-electron chi connectivity index (χ4n) is 1.01. The molecule has 0 radical (unpaired) electrons. The molecule has 2 atom stereocenters. The minimum Gasteiger partial charge on any atom is -0.389 e. The van der Waals surface area contributed by atoms with Crippen LogP contribution >= 0.6 is 11.8 Å². The molecule has 1 rings (SSSR count). The van der Waals surface area contributed by atoms with E-state index in [1.165, 1.54) is 24.2 Å². The molecule has 1 aromatic rings. The van der Waals surface area contributed by atoms with Gasteiger partial charge in [0.15, 0.2) is 5.16 Å². The van der Waals surface area contributed by atoms with E-state index in [0.717, 1.165) is 0 Å². The molecule has 0 saturated heterocycles. The third-order valence-electron chi connectivity index (χ3n) is 1.84. The summed E-state index contributed by atoms with van der Waals surface area (Å²) in [5, 5.41) is 27.9. The largest absolute Gasteiger partial charge is 0.389 e. The first-order chi connectivity index (χ1) is 7.19. The first kappa shape index (κ1) is 11.9. The van der Waals surface area contributed by atoms with E-state index in [2.05, 4.69) is 9.97 Å². The lowest BCUT2D eigenvalue weighted by atomic mass is 10.1. The average Bonchev–Trinajstić information content (AvgIpc) is 2.28. The van der Waals surface area contributed by atoms with E-state index in [9.17, 15) is 10.2 Å². The van der Waals surface area contributed by atoms with Gasteiger partial charge in [-0.3, -0.25) is 0 Å². The molecule has 1 heterocycles. The van der Waals surface area contributed by atoms with Crippen LogP contribution in [0.15, 0.2) is 17.6 Å². The monoisotopic (exact) mass is 225 g/mol. The predicted octanol–water partition coefficient (Wildman–Crippen LogP) is 0.506. The molecule has 2 unspecified atom stereocenters. The van der Waals surface area contributed by atoms with Crippen molar-refractivity contribution in [2.75, 3.05) is 6.26 Å². The van der Waals surface area contributed by atoms with Crippen molar-refractivity contribution in [2.24, 2.45) is 0 Å². The number of thioether (sulfide) groups is 1. The first-order valence-electron chi connectivity index (χ1n) is 4.28. The molecule has 0 bridgehead atoms. The Morgan fingerprint density at radius 3 is 2.53 bits per heavy atom. The van der Waals surface area contributed by atoms with Crippen molar-refractivity contribution in [3.8, 4) is 6.07 Å². The van der Waals surface area contributed by atoms with Gasteiger partial charge in [0.05, 0.1) is 18.6 Å². The Balaban J connectivity index is 2.74. The fourth-order valence-corrected chi connectivity index (χ4v) is 1.33. The van der Waals surface area contributed by atoms with Crippen LogP contribution in [0.5, 0.6) is 0 Å². The van der Waals surface area contributed by atoms with Crippen molar-refractivity contribution >= 4 is 11.8 Å². The highest BCUT2D eigenvalue weighted by Gasteiger charge is 2.18. The van der Waals surface area contributed by atoms with Gasteiger partial charge in [0, 0.05) is 18.0 Å². The van der Waals surface area contributed by atoms with Gasteiger partial charge in [-0.25, -0.2) is 9.97 Å². The summed E-state index contributed by atoms with van der Waals surface area (Å²) in [5.74, 6) is 0. The number of aliphatic hydroxyl groups excluding tert-OH is 2. The van der Waals surface area contributed by atoms with E-state index >= 15 is 0 Å². The normalized spacial score (nSPS) is 14.3. The SMILES string of the molecule is CSc1ncc(C(O)C(O)CC#N)cn1. The lowest BCUT2D eigenvalue weighted by Crippen LogP contribution is -2.17. The average molecular weight is 225 g/mol. The predicted molar refractivity (Wildman–Crippen MR) is 55.0 cm³/mol. The molecular weight excluding hydrogens is 214 g/mol. The lowest BCUT2D eigenvalue weighted by molar-refractivity contribution is 0.0211. The Hall–Kier alpha value is -1.16. The molecule has 0 amide bonds. The summed E-state index contributed by atoms with van der Waals surface area (Å²) in [4.78, 5) is 7.92. The zero-order valence-electron chi connectivity index (χ0n) is 8.16. The van der Waals surface area contributed by atoms with Crippen molar-refractivity contribution in [3.63, 3.8) is 0 Å².